The second-order valence-corrected chi connectivity index (χ2v) is 5.76. The van der Waals surface area contributed by atoms with Gasteiger partial charge in [0.05, 0.1) is 17.3 Å². The van der Waals surface area contributed by atoms with E-state index in [2.05, 4.69) is 38.1 Å². The molecular formula is C15H15BrN4. The molecule has 3 aromatic rings. The van der Waals surface area contributed by atoms with Crippen LogP contribution < -0.4 is 5.73 Å². The normalized spacial score (nSPS) is 12.8. The lowest BCUT2D eigenvalue weighted by Gasteiger charge is -2.09. The zero-order chi connectivity index (χ0) is 14.1. The van der Waals surface area contributed by atoms with Crippen molar-refractivity contribution < 1.29 is 0 Å². The van der Waals surface area contributed by atoms with Crippen LogP contribution in [0.1, 0.15) is 17.3 Å². The van der Waals surface area contributed by atoms with Crippen molar-refractivity contribution in [3.63, 3.8) is 0 Å². The Morgan fingerprint density at radius 3 is 2.90 bits per heavy atom. The molecule has 1 aromatic carbocycles. The summed E-state index contributed by atoms with van der Waals surface area (Å²) < 4.78 is 2.84. The van der Waals surface area contributed by atoms with Gasteiger partial charge in [-0.05, 0) is 40.0 Å². The number of hydrogen-bond acceptors (Lipinski definition) is 3. The van der Waals surface area contributed by atoms with Gasteiger partial charge in [0.15, 0.2) is 0 Å². The van der Waals surface area contributed by atoms with Crippen molar-refractivity contribution in [3.8, 4) is 0 Å². The van der Waals surface area contributed by atoms with Crippen molar-refractivity contribution in [2.45, 2.75) is 12.5 Å². The van der Waals surface area contributed by atoms with Crippen LogP contribution in [0.2, 0.25) is 0 Å². The van der Waals surface area contributed by atoms with Crippen molar-refractivity contribution in [2.24, 2.45) is 12.8 Å². The van der Waals surface area contributed by atoms with E-state index in [4.69, 9.17) is 5.73 Å². The van der Waals surface area contributed by atoms with E-state index in [1.165, 1.54) is 0 Å². The molecule has 0 fully saturated rings. The van der Waals surface area contributed by atoms with Gasteiger partial charge in [-0.1, -0.05) is 18.2 Å². The largest absolute Gasteiger partial charge is 0.322 e. The van der Waals surface area contributed by atoms with Gasteiger partial charge in [-0.2, -0.15) is 5.10 Å². The van der Waals surface area contributed by atoms with Crippen LogP contribution in [0, 0.1) is 0 Å². The summed E-state index contributed by atoms with van der Waals surface area (Å²) in [4.78, 5) is 4.17. The van der Waals surface area contributed by atoms with Gasteiger partial charge in [0.1, 0.15) is 0 Å². The van der Waals surface area contributed by atoms with Crippen LogP contribution in [-0.4, -0.2) is 14.8 Å². The minimum Gasteiger partial charge on any atom is -0.322 e. The quantitative estimate of drug-likeness (QED) is 0.803. The van der Waals surface area contributed by atoms with E-state index in [9.17, 15) is 0 Å². The van der Waals surface area contributed by atoms with Gasteiger partial charge in [-0.15, -0.1) is 0 Å². The Bertz CT molecular complexity index is 750. The number of nitrogens with two attached hydrogens (primary N) is 1. The number of aromatic nitrogens is 3. The van der Waals surface area contributed by atoms with Gasteiger partial charge in [0.25, 0.3) is 0 Å². The molecular weight excluding hydrogens is 316 g/mol. The highest BCUT2D eigenvalue weighted by atomic mass is 79.9. The Kier molecular flexibility index (Phi) is 3.54. The maximum atomic E-state index is 6.34. The highest BCUT2D eigenvalue weighted by molar-refractivity contribution is 9.10. The summed E-state index contributed by atoms with van der Waals surface area (Å²) >= 11 is 3.43. The van der Waals surface area contributed by atoms with Crippen LogP contribution in [0.3, 0.4) is 0 Å². The zero-order valence-electron chi connectivity index (χ0n) is 11.1. The summed E-state index contributed by atoms with van der Waals surface area (Å²) in [5, 5.41) is 5.68. The lowest BCUT2D eigenvalue weighted by molar-refractivity contribution is 0.664. The van der Waals surface area contributed by atoms with Crippen LogP contribution in [0.25, 0.3) is 10.9 Å². The predicted molar refractivity (Wildman–Crippen MR) is 83.3 cm³/mol. The minimum absolute atomic E-state index is 0.141. The van der Waals surface area contributed by atoms with Gasteiger partial charge >= 0.3 is 0 Å². The molecule has 0 amide bonds. The summed E-state index contributed by atoms with van der Waals surface area (Å²) in [6.07, 6.45) is 4.33. The average molecular weight is 331 g/mol. The molecule has 102 valence electrons. The van der Waals surface area contributed by atoms with E-state index in [0.29, 0.717) is 6.42 Å². The second-order valence-electron chi connectivity index (χ2n) is 4.85. The Morgan fingerprint density at radius 2 is 2.10 bits per heavy atom. The summed E-state index contributed by atoms with van der Waals surface area (Å²) in [5.74, 6) is 0. The molecule has 0 spiro atoms. The topological polar surface area (TPSA) is 56.7 Å². The number of para-hydroxylation sites is 1. The van der Waals surface area contributed by atoms with Gasteiger partial charge in [-0.3, -0.25) is 9.67 Å². The molecule has 1 atom stereocenters. The summed E-state index contributed by atoms with van der Waals surface area (Å²) in [6, 6.07) is 10.0. The molecule has 0 saturated carbocycles. The Hall–Kier alpha value is -1.72. The molecule has 0 bridgehead atoms. The first kappa shape index (κ1) is 13.3. The smallest absolute Gasteiger partial charge is 0.0873 e. The highest BCUT2D eigenvalue weighted by Gasteiger charge is 2.15. The third kappa shape index (κ3) is 2.46. The van der Waals surface area contributed by atoms with E-state index in [1.807, 2.05) is 36.1 Å². The third-order valence-electron chi connectivity index (χ3n) is 3.35. The molecule has 2 N–H and O–H groups in total. The van der Waals surface area contributed by atoms with E-state index in [1.54, 1.807) is 6.20 Å². The first-order valence-electron chi connectivity index (χ1n) is 6.42. The van der Waals surface area contributed by atoms with Crippen LogP contribution in [0.4, 0.5) is 0 Å². The SMILES string of the molecule is Cn1nc(C(N)Cc2cncc(Br)c2)c2ccccc21. The maximum Gasteiger partial charge on any atom is 0.0873 e. The zero-order valence-corrected chi connectivity index (χ0v) is 12.7. The van der Waals surface area contributed by atoms with Crippen molar-refractivity contribution in [3.05, 3.63) is 58.5 Å². The van der Waals surface area contributed by atoms with Crippen LogP contribution in [0.15, 0.2) is 47.2 Å². The number of benzene rings is 1. The molecule has 0 aliphatic rings. The van der Waals surface area contributed by atoms with Crippen molar-refractivity contribution in [1.29, 1.82) is 0 Å². The molecule has 0 aliphatic carbocycles. The summed E-state index contributed by atoms with van der Waals surface area (Å²) in [6.45, 7) is 0. The van der Waals surface area contributed by atoms with Gasteiger partial charge in [0, 0.05) is 29.3 Å². The average Bonchev–Trinajstić information content (AvgIpc) is 2.77. The molecule has 5 heteroatoms. The molecule has 2 heterocycles. The highest BCUT2D eigenvalue weighted by Crippen LogP contribution is 2.24. The summed E-state index contributed by atoms with van der Waals surface area (Å²) in [7, 11) is 1.94. The van der Waals surface area contributed by atoms with Crippen molar-refractivity contribution >= 4 is 26.8 Å². The molecule has 2 aromatic heterocycles. The van der Waals surface area contributed by atoms with Gasteiger partial charge < -0.3 is 5.73 Å². The number of aryl methyl sites for hydroxylation is 1. The molecule has 20 heavy (non-hydrogen) atoms. The van der Waals surface area contributed by atoms with E-state index in [0.717, 1.165) is 26.6 Å². The lowest BCUT2D eigenvalue weighted by atomic mass is 10.0. The predicted octanol–water partition coefficient (Wildman–Crippen LogP) is 2.97. The minimum atomic E-state index is -0.141. The first-order valence-corrected chi connectivity index (χ1v) is 7.21. The first-order chi connectivity index (χ1) is 9.65. The lowest BCUT2D eigenvalue weighted by Crippen LogP contribution is -2.14. The van der Waals surface area contributed by atoms with Crippen LogP contribution >= 0.6 is 15.9 Å². The number of halogens is 1. The fraction of sp³-hybridized carbons (Fsp3) is 0.200. The monoisotopic (exact) mass is 330 g/mol. The van der Waals surface area contributed by atoms with Crippen molar-refractivity contribution in [1.82, 2.24) is 14.8 Å². The summed E-state index contributed by atoms with van der Waals surface area (Å²) in [5.41, 5.74) is 9.47. The van der Waals surface area contributed by atoms with E-state index < -0.39 is 0 Å². The molecule has 0 aliphatic heterocycles. The Labute approximate surface area is 125 Å². The maximum absolute atomic E-state index is 6.34. The number of rotatable bonds is 3. The number of nitrogens with zero attached hydrogens (tertiary/aromatic N) is 3. The van der Waals surface area contributed by atoms with E-state index >= 15 is 0 Å². The molecule has 4 nitrogen and oxygen atoms in total. The molecule has 1 unspecified atom stereocenters. The van der Waals surface area contributed by atoms with Gasteiger partial charge in [0.2, 0.25) is 0 Å². The fourth-order valence-corrected chi connectivity index (χ4v) is 2.85. The Balaban J connectivity index is 1.95. The third-order valence-corrected chi connectivity index (χ3v) is 3.79. The van der Waals surface area contributed by atoms with Crippen molar-refractivity contribution in [2.75, 3.05) is 0 Å². The van der Waals surface area contributed by atoms with E-state index in [-0.39, 0.29) is 6.04 Å². The second kappa shape index (κ2) is 5.34. The Morgan fingerprint density at radius 1 is 1.30 bits per heavy atom. The number of pyridine rings is 1. The standard InChI is InChI=1S/C15H15BrN4/c1-20-14-5-3-2-4-12(14)15(19-20)13(17)7-10-6-11(16)9-18-8-10/h2-6,8-9,13H,7,17H2,1H3. The number of fused-ring (bicyclic) bond motifs is 1. The molecule has 0 radical (unpaired) electrons. The molecule has 3 rings (SSSR count). The number of hydrogen-bond donors (Lipinski definition) is 1. The van der Waals surface area contributed by atoms with Crippen LogP contribution in [-0.2, 0) is 13.5 Å². The van der Waals surface area contributed by atoms with Crippen LogP contribution in [0.5, 0.6) is 0 Å². The van der Waals surface area contributed by atoms with Gasteiger partial charge in [-0.25, -0.2) is 0 Å². The fourth-order valence-electron chi connectivity index (χ4n) is 2.43. The molecule has 0 saturated heterocycles.